The number of rotatable bonds is 8. The minimum absolute atomic E-state index is 1.12. The van der Waals surface area contributed by atoms with Gasteiger partial charge in [-0.3, -0.25) is 0 Å². The lowest BCUT2D eigenvalue weighted by molar-refractivity contribution is 1.13. The highest BCUT2D eigenvalue weighted by Gasteiger charge is 2.41. The molecule has 0 saturated carbocycles. The molecule has 0 fully saturated rings. The molecule has 3 heterocycles. The Labute approximate surface area is 407 Å². The van der Waals surface area contributed by atoms with E-state index in [0.29, 0.717) is 0 Å². The van der Waals surface area contributed by atoms with Gasteiger partial charge in [-0.25, -0.2) is 0 Å². The Morgan fingerprint density at radius 2 is 0.643 bits per heavy atom. The van der Waals surface area contributed by atoms with E-state index >= 15 is 0 Å². The minimum atomic E-state index is -2.88. The van der Waals surface area contributed by atoms with Crippen LogP contribution in [0.1, 0.15) is 0 Å². The molecule has 0 unspecified atom stereocenters. The molecule has 14 rings (SSSR count). The highest BCUT2D eigenvalue weighted by Crippen LogP contribution is 2.41. The van der Waals surface area contributed by atoms with E-state index in [1.54, 1.807) is 0 Å². The first-order chi connectivity index (χ1) is 34.8. The number of nitrogens with zero attached hydrogens (tertiary/aromatic N) is 3. The first-order valence-electron chi connectivity index (χ1n) is 24.2. The Balaban J connectivity index is 1.09. The first kappa shape index (κ1) is 40.1. The molecule has 0 aliphatic carbocycles. The van der Waals surface area contributed by atoms with Crippen LogP contribution >= 0.6 is 0 Å². The molecule has 3 aromatic heterocycles. The fraction of sp³-hybridized carbons (Fsp3) is 0. The minimum Gasteiger partial charge on any atom is -0.309 e. The molecule has 0 amide bonds. The Bertz CT molecular complexity index is 4110. The molecule has 0 aliphatic rings. The molecule has 4 heteroatoms. The molecule has 0 spiro atoms. The van der Waals surface area contributed by atoms with Gasteiger partial charge in [0.25, 0.3) is 0 Å². The molecule has 328 valence electrons. The Hall–Kier alpha value is -8.96. The summed E-state index contributed by atoms with van der Waals surface area (Å²) in [5.74, 6) is 0. The fourth-order valence-electron chi connectivity index (χ4n) is 11.8. The van der Waals surface area contributed by atoms with Gasteiger partial charge >= 0.3 is 0 Å². The van der Waals surface area contributed by atoms with Gasteiger partial charge in [0, 0.05) is 43.7 Å². The van der Waals surface area contributed by atoms with Crippen LogP contribution in [0.15, 0.2) is 273 Å². The number of benzene rings is 11. The molecule has 14 aromatic rings. The summed E-state index contributed by atoms with van der Waals surface area (Å²) in [6.07, 6.45) is 0. The molecule has 0 radical (unpaired) electrons. The van der Waals surface area contributed by atoms with Crippen LogP contribution in [0.25, 0.3) is 93.6 Å². The van der Waals surface area contributed by atoms with Crippen LogP contribution in [0.5, 0.6) is 0 Å². The van der Waals surface area contributed by atoms with Crippen molar-refractivity contribution in [1.82, 2.24) is 13.7 Å². The van der Waals surface area contributed by atoms with Gasteiger partial charge in [-0.05, 0) is 92.5 Å². The van der Waals surface area contributed by atoms with Crippen molar-refractivity contribution in [2.24, 2.45) is 0 Å². The molecular formula is C66H45N3Si. The van der Waals surface area contributed by atoms with Gasteiger partial charge in [-0.15, -0.1) is 0 Å². The third kappa shape index (κ3) is 6.00. The smallest absolute Gasteiger partial charge is 0.179 e. The molecule has 11 aromatic carbocycles. The topological polar surface area (TPSA) is 14.8 Å². The van der Waals surface area contributed by atoms with Gasteiger partial charge in [-0.1, -0.05) is 212 Å². The van der Waals surface area contributed by atoms with E-state index in [4.69, 9.17) is 0 Å². The van der Waals surface area contributed by atoms with Crippen LogP contribution in [0.3, 0.4) is 0 Å². The highest BCUT2D eigenvalue weighted by atomic mass is 28.3. The van der Waals surface area contributed by atoms with Crippen molar-refractivity contribution in [2.45, 2.75) is 0 Å². The van der Waals surface area contributed by atoms with Gasteiger partial charge in [0.2, 0.25) is 0 Å². The Morgan fingerprint density at radius 1 is 0.229 bits per heavy atom. The molecule has 3 nitrogen and oxygen atoms in total. The Kier molecular flexibility index (Phi) is 9.23. The average molecular weight is 908 g/mol. The van der Waals surface area contributed by atoms with Crippen LogP contribution in [0, 0.1) is 0 Å². The van der Waals surface area contributed by atoms with E-state index in [2.05, 4.69) is 287 Å². The zero-order chi connectivity index (χ0) is 46.2. The number of aromatic nitrogens is 3. The lowest BCUT2D eigenvalue weighted by Crippen LogP contribution is -2.74. The Morgan fingerprint density at radius 3 is 1.21 bits per heavy atom. The predicted molar refractivity (Wildman–Crippen MR) is 299 cm³/mol. The van der Waals surface area contributed by atoms with Gasteiger partial charge in [0.15, 0.2) is 8.07 Å². The maximum atomic E-state index is 2.56. The third-order valence-electron chi connectivity index (χ3n) is 14.8. The van der Waals surface area contributed by atoms with Crippen molar-refractivity contribution in [3.8, 4) is 28.2 Å². The molecule has 0 bridgehead atoms. The van der Waals surface area contributed by atoms with E-state index in [1.807, 2.05) is 0 Å². The lowest BCUT2D eigenvalue weighted by Gasteiger charge is -2.34. The molecule has 0 saturated heterocycles. The average Bonchev–Trinajstić information content (AvgIpc) is 4.08. The van der Waals surface area contributed by atoms with Crippen molar-refractivity contribution < 1.29 is 0 Å². The van der Waals surface area contributed by atoms with Gasteiger partial charge < -0.3 is 13.7 Å². The summed E-state index contributed by atoms with van der Waals surface area (Å²) in [6, 6.07) is 101. The van der Waals surface area contributed by atoms with Crippen LogP contribution in [0.2, 0.25) is 0 Å². The lowest BCUT2D eigenvalue weighted by atomic mass is 10.1. The third-order valence-corrected chi connectivity index (χ3v) is 19.6. The summed E-state index contributed by atoms with van der Waals surface area (Å²) in [6.45, 7) is 0. The van der Waals surface area contributed by atoms with Crippen molar-refractivity contribution in [3.05, 3.63) is 273 Å². The molecule has 0 atom stereocenters. The second-order valence-corrected chi connectivity index (χ2v) is 22.2. The SMILES string of the molecule is c1ccc(-c2ccc(-n3c4ccccc4c4cccc(-n5c6ccc(-n7c8ccccc8c8ccccc87)cc6c6cc([Si](c7ccccc7)(c7ccccc7)c7ccccc7)ccc65)c43)cc2)cc1. The largest absolute Gasteiger partial charge is 0.309 e. The van der Waals surface area contributed by atoms with E-state index in [1.165, 1.54) is 91.8 Å². The summed E-state index contributed by atoms with van der Waals surface area (Å²) >= 11 is 0. The predicted octanol–water partition coefficient (Wildman–Crippen LogP) is 14.0. The quantitative estimate of drug-likeness (QED) is 0.107. The summed E-state index contributed by atoms with van der Waals surface area (Å²) in [5.41, 5.74) is 12.9. The van der Waals surface area contributed by atoms with Crippen molar-refractivity contribution >= 4 is 94.2 Å². The number of fused-ring (bicyclic) bond motifs is 9. The van der Waals surface area contributed by atoms with Gasteiger partial charge in [0.05, 0.1) is 38.8 Å². The first-order valence-corrected chi connectivity index (χ1v) is 26.2. The normalized spacial score (nSPS) is 12.0. The second kappa shape index (κ2) is 16.1. The monoisotopic (exact) mass is 907 g/mol. The number of hydrogen-bond acceptors (Lipinski definition) is 0. The molecule has 70 heavy (non-hydrogen) atoms. The van der Waals surface area contributed by atoms with E-state index in [-0.39, 0.29) is 0 Å². The zero-order valence-corrected chi connectivity index (χ0v) is 39.3. The van der Waals surface area contributed by atoms with Crippen molar-refractivity contribution in [1.29, 1.82) is 0 Å². The van der Waals surface area contributed by atoms with E-state index in [0.717, 1.165) is 22.6 Å². The molecular weight excluding hydrogens is 863 g/mol. The maximum Gasteiger partial charge on any atom is 0.179 e. The van der Waals surface area contributed by atoms with E-state index in [9.17, 15) is 0 Å². The standard InChI is InChI=1S/C66H45N3Si/c1-5-20-46(21-6-1)47-36-38-48(39-37-47)68-62-34-18-15-30-56(62)57-31-19-35-65(66(57)68)69-63-42-40-49(67-60-32-16-13-28-54(60)55-29-14-17-33-61(55)67)44-58(63)59-45-53(41-43-64(59)69)70(50-22-7-2-8-23-50,51-24-9-3-10-25-51)52-26-11-4-12-27-52/h1-45H. The second-order valence-electron chi connectivity index (χ2n) is 18.4. The van der Waals surface area contributed by atoms with Gasteiger partial charge in [-0.2, -0.15) is 0 Å². The number of para-hydroxylation sites is 4. The van der Waals surface area contributed by atoms with Crippen LogP contribution in [-0.2, 0) is 0 Å². The van der Waals surface area contributed by atoms with Crippen LogP contribution < -0.4 is 20.7 Å². The summed E-state index contributed by atoms with van der Waals surface area (Å²) in [4.78, 5) is 0. The zero-order valence-electron chi connectivity index (χ0n) is 38.3. The van der Waals surface area contributed by atoms with Crippen LogP contribution in [0.4, 0.5) is 0 Å². The van der Waals surface area contributed by atoms with E-state index < -0.39 is 8.07 Å². The summed E-state index contributed by atoms with van der Waals surface area (Å²) < 4.78 is 7.47. The highest BCUT2D eigenvalue weighted by molar-refractivity contribution is 7.20. The molecule has 0 aliphatic heterocycles. The van der Waals surface area contributed by atoms with Crippen molar-refractivity contribution in [3.63, 3.8) is 0 Å². The fourth-order valence-corrected chi connectivity index (χ4v) is 16.6. The number of hydrogen-bond donors (Lipinski definition) is 0. The van der Waals surface area contributed by atoms with Gasteiger partial charge in [0.1, 0.15) is 0 Å². The summed E-state index contributed by atoms with van der Waals surface area (Å²) in [7, 11) is -2.88. The van der Waals surface area contributed by atoms with Crippen molar-refractivity contribution in [2.75, 3.05) is 0 Å². The maximum absolute atomic E-state index is 2.88. The van der Waals surface area contributed by atoms with Crippen LogP contribution in [-0.4, -0.2) is 21.8 Å². The molecule has 0 N–H and O–H groups in total. The summed E-state index contributed by atoms with van der Waals surface area (Å²) in [5, 5.41) is 12.8.